The van der Waals surface area contributed by atoms with Crippen LogP contribution >= 0.6 is 11.6 Å². The van der Waals surface area contributed by atoms with Crippen LogP contribution in [0.2, 0.25) is 5.02 Å². The summed E-state index contributed by atoms with van der Waals surface area (Å²) < 4.78 is 2.17. The molecule has 1 N–H and O–H groups in total. The molecule has 2 aromatic heterocycles. The van der Waals surface area contributed by atoms with Crippen LogP contribution in [0.3, 0.4) is 0 Å². The minimum absolute atomic E-state index is 0.684. The number of pyridine rings is 1. The van der Waals surface area contributed by atoms with Crippen LogP contribution in [-0.2, 0) is 13.1 Å². The molecule has 0 fully saturated rings. The highest BCUT2D eigenvalue weighted by atomic mass is 35.5. The van der Waals surface area contributed by atoms with Crippen molar-refractivity contribution < 1.29 is 0 Å². The first kappa shape index (κ1) is 13.0. The molecule has 2 heterocycles. The SMILES string of the molecule is CCn1ccc(CNc2ccc(Cl)c3ncccc23)c1. The smallest absolute Gasteiger partial charge is 0.0908 e. The summed E-state index contributed by atoms with van der Waals surface area (Å²) >= 11 is 6.17. The number of benzene rings is 1. The van der Waals surface area contributed by atoms with Gasteiger partial charge in [-0.2, -0.15) is 0 Å². The summed E-state index contributed by atoms with van der Waals surface area (Å²) in [6, 6.07) is 9.98. The van der Waals surface area contributed by atoms with Gasteiger partial charge in [0.05, 0.1) is 10.5 Å². The zero-order chi connectivity index (χ0) is 13.9. The number of halogens is 1. The second-order valence-corrected chi connectivity index (χ2v) is 5.11. The Kier molecular flexibility index (Phi) is 3.61. The first-order valence-electron chi connectivity index (χ1n) is 6.69. The number of nitrogens with one attached hydrogen (secondary N) is 1. The quantitative estimate of drug-likeness (QED) is 0.773. The van der Waals surface area contributed by atoms with Gasteiger partial charge in [0, 0.05) is 42.8 Å². The number of rotatable bonds is 4. The minimum Gasteiger partial charge on any atom is -0.380 e. The number of aromatic nitrogens is 2. The Balaban J connectivity index is 1.86. The van der Waals surface area contributed by atoms with Crippen molar-refractivity contribution in [2.45, 2.75) is 20.0 Å². The number of aryl methyl sites for hydroxylation is 1. The van der Waals surface area contributed by atoms with Gasteiger partial charge in [0.15, 0.2) is 0 Å². The fourth-order valence-electron chi connectivity index (χ4n) is 2.28. The van der Waals surface area contributed by atoms with Gasteiger partial charge in [-0.25, -0.2) is 0 Å². The maximum Gasteiger partial charge on any atom is 0.0908 e. The van der Waals surface area contributed by atoms with E-state index in [1.54, 1.807) is 6.20 Å². The Morgan fingerprint density at radius 1 is 1.25 bits per heavy atom. The third-order valence-corrected chi connectivity index (χ3v) is 3.69. The van der Waals surface area contributed by atoms with E-state index >= 15 is 0 Å². The molecule has 4 heteroatoms. The highest BCUT2D eigenvalue weighted by Crippen LogP contribution is 2.28. The predicted octanol–water partition coefficient (Wildman–Crippen LogP) is 4.32. The fourth-order valence-corrected chi connectivity index (χ4v) is 2.49. The van der Waals surface area contributed by atoms with E-state index in [0.717, 1.165) is 29.7 Å². The van der Waals surface area contributed by atoms with Crippen LogP contribution in [0.4, 0.5) is 5.69 Å². The van der Waals surface area contributed by atoms with Gasteiger partial charge in [-0.15, -0.1) is 0 Å². The Labute approximate surface area is 123 Å². The fraction of sp³-hybridized carbons (Fsp3) is 0.188. The van der Waals surface area contributed by atoms with Crippen LogP contribution < -0.4 is 5.32 Å². The maximum absolute atomic E-state index is 6.17. The van der Waals surface area contributed by atoms with Crippen molar-refractivity contribution in [1.82, 2.24) is 9.55 Å². The van der Waals surface area contributed by atoms with Gasteiger partial charge in [-0.1, -0.05) is 11.6 Å². The molecule has 3 nitrogen and oxygen atoms in total. The number of anilines is 1. The maximum atomic E-state index is 6.17. The standard InChI is InChI=1S/C16H16ClN3/c1-2-20-9-7-12(11-20)10-19-15-6-5-14(17)16-13(15)4-3-8-18-16/h3-9,11,19H,2,10H2,1H3. The zero-order valence-corrected chi connectivity index (χ0v) is 12.1. The summed E-state index contributed by atoms with van der Waals surface area (Å²) in [4.78, 5) is 4.34. The molecule has 3 aromatic rings. The van der Waals surface area contributed by atoms with Crippen LogP contribution in [0.5, 0.6) is 0 Å². The van der Waals surface area contributed by atoms with E-state index in [0.29, 0.717) is 5.02 Å². The molecule has 0 unspecified atom stereocenters. The Morgan fingerprint density at radius 2 is 2.15 bits per heavy atom. The molecule has 0 radical (unpaired) electrons. The summed E-state index contributed by atoms with van der Waals surface area (Å²) in [5.74, 6) is 0. The third kappa shape index (κ3) is 2.49. The summed E-state index contributed by atoms with van der Waals surface area (Å²) in [6.45, 7) is 3.92. The first-order valence-corrected chi connectivity index (χ1v) is 7.07. The molecular weight excluding hydrogens is 270 g/mol. The highest BCUT2D eigenvalue weighted by Gasteiger charge is 2.05. The molecule has 0 saturated carbocycles. The predicted molar refractivity (Wildman–Crippen MR) is 84.2 cm³/mol. The second-order valence-electron chi connectivity index (χ2n) is 4.70. The van der Waals surface area contributed by atoms with Gasteiger partial charge < -0.3 is 9.88 Å². The van der Waals surface area contributed by atoms with Crippen molar-refractivity contribution in [2.24, 2.45) is 0 Å². The van der Waals surface area contributed by atoms with Gasteiger partial charge >= 0.3 is 0 Å². The lowest BCUT2D eigenvalue weighted by Gasteiger charge is -2.09. The molecule has 1 aromatic carbocycles. The third-order valence-electron chi connectivity index (χ3n) is 3.38. The Morgan fingerprint density at radius 3 is 2.95 bits per heavy atom. The van der Waals surface area contributed by atoms with E-state index in [-0.39, 0.29) is 0 Å². The average Bonchev–Trinajstić information content (AvgIpc) is 2.95. The van der Waals surface area contributed by atoms with Crippen molar-refractivity contribution >= 4 is 28.2 Å². The van der Waals surface area contributed by atoms with Gasteiger partial charge in [0.2, 0.25) is 0 Å². The van der Waals surface area contributed by atoms with Crippen molar-refractivity contribution in [1.29, 1.82) is 0 Å². The summed E-state index contributed by atoms with van der Waals surface area (Å²) in [5.41, 5.74) is 3.16. The molecule has 0 spiro atoms. The Bertz CT molecular complexity index is 733. The van der Waals surface area contributed by atoms with E-state index in [1.165, 1.54) is 5.56 Å². The monoisotopic (exact) mass is 285 g/mol. The molecule has 0 saturated heterocycles. The molecule has 0 aliphatic rings. The normalized spacial score (nSPS) is 10.9. The van der Waals surface area contributed by atoms with Crippen LogP contribution in [0.25, 0.3) is 10.9 Å². The topological polar surface area (TPSA) is 29.9 Å². The molecule has 102 valence electrons. The van der Waals surface area contributed by atoms with Gasteiger partial charge in [0.1, 0.15) is 0 Å². The Hall–Kier alpha value is -2.00. The van der Waals surface area contributed by atoms with Crippen LogP contribution in [0.15, 0.2) is 48.9 Å². The van der Waals surface area contributed by atoms with E-state index in [4.69, 9.17) is 11.6 Å². The number of hydrogen-bond donors (Lipinski definition) is 1. The van der Waals surface area contributed by atoms with Gasteiger partial charge in [-0.05, 0) is 42.8 Å². The van der Waals surface area contributed by atoms with Crippen molar-refractivity contribution in [2.75, 3.05) is 5.32 Å². The van der Waals surface area contributed by atoms with Gasteiger partial charge in [-0.3, -0.25) is 4.98 Å². The number of nitrogens with zero attached hydrogens (tertiary/aromatic N) is 2. The molecular formula is C16H16ClN3. The van der Waals surface area contributed by atoms with Crippen LogP contribution in [0.1, 0.15) is 12.5 Å². The zero-order valence-electron chi connectivity index (χ0n) is 11.3. The second kappa shape index (κ2) is 5.55. The molecule has 0 atom stereocenters. The number of fused-ring (bicyclic) bond motifs is 1. The molecule has 0 aliphatic carbocycles. The van der Waals surface area contributed by atoms with Gasteiger partial charge in [0.25, 0.3) is 0 Å². The van der Waals surface area contributed by atoms with E-state index < -0.39 is 0 Å². The first-order chi connectivity index (χ1) is 9.78. The molecule has 0 aliphatic heterocycles. The lowest BCUT2D eigenvalue weighted by atomic mass is 10.1. The summed E-state index contributed by atoms with van der Waals surface area (Å²) in [5, 5.41) is 5.19. The number of hydrogen-bond acceptors (Lipinski definition) is 2. The average molecular weight is 286 g/mol. The van der Waals surface area contributed by atoms with E-state index in [9.17, 15) is 0 Å². The minimum atomic E-state index is 0.684. The highest BCUT2D eigenvalue weighted by molar-refractivity contribution is 6.35. The van der Waals surface area contributed by atoms with Crippen molar-refractivity contribution in [3.63, 3.8) is 0 Å². The molecule has 20 heavy (non-hydrogen) atoms. The van der Waals surface area contributed by atoms with E-state index in [2.05, 4.69) is 40.3 Å². The lowest BCUT2D eigenvalue weighted by molar-refractivity contribution is 0.766. The molecule has 0 amide bonds. The summed E-state index contributed by atoms with van der Waals surface area (Å²) in [7, 11) is 0. The largest absolute Gasteiger partial charge is 0.380 e. The van der Waals surface area contributed by atoms with Crippen molar-refractivity contribution in [3.05, 3.63) is 59.5 Å². The molecule has 3 rings (SSSR count). The van der Waals surface area contributed by atoms with Crippen molar-refractivity contribution in [3.8, 4) is 0 Å². The van der Waals surface area contributed by atoms with E-state index in [1.807, 2.05) is 24.3 Å². The molecule has 0 bridgehead atoms. The lowest BCUT2D eigenvalue weighted by Crippen LogP contribution is -1.99. The van der Waals surface area contributed by atoms with Crippen LogP contribution in [-0.4, -0.2) is 9.55 Å². The van der Waals surface area contributed by atoms with Crippen LogP contribution in [0, 0.1) is 0 Å². The summed E-state index contributed by atoms with van der Waals surface area (Å²) in [6.07, 6.45) is 6.02.